The van der Waals surface area contributed by atoms with E-state index in [9.17, 15) is 23.2 Å². The number of carbonyl (C=O) groups excluding carboxylic acids is 3. The number of benzene rings is 1. The molecule has 0 fully saturated rings. The second-order valence-electron chi connectivity index (χ2n) is 4.84. The quantitative estimate of drug-likeness (QED) is 0.799. The van der Waals surface area contributed by atoms with Crippen LogP contribution in [-0.2, 0) is 19.1 Å². The van der Waals surface area contributed by atoms with Crippen molar-refractivity contribution in [2.24, 2.45) is 5.92 Å². The highest BCUT2D eigenvalue weighted by Gasteiger charge is 2.27. The molecule has 8 heteroatoms. The molecule has 0 aliphatic carbocycles. The Hall–Kier alpha value is -2.51. The average Bonchev–Trinajstić information content (AvgIpc) is 2.54. The van der Waals surface area contributed by atoms with Crippen LogP contribution in [0.3, 0.4) is 0 Å². The number of ether oxygens (including phenoxy) is 2. The molecule has 0 heterocycles. The van der Waals surface area contributed by atoms with Crippen molar-refractivity contribution in [2.45, 2.75) is 19.4 Å². The summed E-state index contributed by atoms with van der Waals surface area (Å²) in [7, 11) is 2.33. The predicted molar refractivity (Wildman–Crippen MR) is 75.4 cm³/mol. The molecule has 0 saturated heterocycles. The maximum atomic E-state index is 13.2. The number of esters is 2. The molecule has 23 heavy (non-hydrogen) atoms. The SMILES string of the molecule is COC(=O)[C@@H](C)C[C@@H](NC(=O)c1ccc(F)c(F)c1)C(=O)OC. The van der Waals surface area contributed by atoms with Crippen molar-refractivity contribution >= 4 is 17.8 Å². The van der Waals surface area contributed by atoms with Gasteiger partial charge < -0.3 is 14.8 Å². The normalized spacial score (nSPS) is 12.9. The van der Waals surface area contributed by atoms with Crippen LogP contribution in [0, 0.1) is 17.6 Å². The van der Waals surface area contributed by atoms with E-state index in [2.05, 4.69) is 14.8 Å². The minimum Gasteiger partial charge on any atom is -0.469 e. The number of amides is 1. The van der Waals surface area contributed by atoms with Gasteiger partial charge in [-0.15, -0.1) is 0 Å². The van der Waals surface area contributed by atoms with E-state index in [0.717, 1.165) is 19.2 Å². The fraction of sp³-hybridized carbons (Fsp3) is 0.400. The Morgan fingerprint density at radius 3 is 2.22 bits per heavy atom. The lowest BCUT2D eigenvalue weighted by Crippen LogP contribution is -2.43. The van der Waals surface area contributed by atoms with Gasteiger partial charge in [0.1, 0.15) is 6.04 Å². The largest absolute Gasteiger partial charge is 0.469 e. The van der Waals surface area contributed by atoms with Gasteiger partial charge in [-0.05, 0) is 24.6 Å². The molecule has 126 valence electrons. The Bertz CT molecular complexity index is 606. The third kappa shape index (κ3) is 5.01. The highest BCUT2D eigenvalue weighted by molar-refractivity contribution is 5.96. The number of nitrogens with one attached hydrogen (secondary N) is 1. The molecule has 0 aliphatic heterocycles. The summed E-state index contributed by atoms with van der Waals surface area (Å²) in [5.74, 6) is -5.07. The van der Waals surface area contributed by atoms with Crippen LogP contribution in [0.4, 0.5) is 8.78 Å². The van der Waals surface area contributed by atoms with Crippen LogP contribution in [0.25, 0.3) is 0 Å². The van der Waals surface area contributed by atoms with Gasteiger partial charge in [-0.3, -0.25) is 9.59 Å². The zero-order valence-corrected chi connectivity index (χ0v) is 12.9. The van der Waals surface area contributed by atoms with Gasteiger partial charge in [0.25, 0.3) is 5.91 Å². The van der Waals surface area contributed by atoms with Crippen molar-refractivity contribution < 1.29 is 32.6 Å². The first-order valence-electron chi connectivity index (χ1n) is 6.71. The Balaban J connectivity index is 2.87. The number of carbonyl (C=O) groups is 3. The van der Waals surface area contributed by atoms with Crippen LogP contribution in [0.1, 0.15) is 23.7 Å². The highest BCUT2D eigenvalue weighted by atomic mass is 19.2. The molecule has 1 N–H and O–H groups in total. The topological polar surface area (TPSA) is 81.7 Å². The summed E-state index contributed by atoms with van der Waals surface area (Å²) in [6.45, 7) is 1.52. The van der Waals surface area contributed by atoms with E-state index in [1.165, 1.54) is 14.0 Å². The second-order valence-corrected chi connectivity index (χ2v) is 4.84. The number of hydrogen-bond acceptors (Lipinski definition) is 5. The Kier molecular flexibility index (Phi) is 6.62. The summed E-state index contributed by atoms with van der Waals surface area (Å²) in [5.41, 5.74) is -0.163. The van der Waals surface area contributed by atoms with Crippen molar-refractivity contribution in [1.82, 2.24) is 5.32 Å². The van der Waals surface area contributed by atoms with Crippen LogP contribution >= 0.6 is 0 Å². The van der Waals surface area contributed by atoms with Crippen molar-refractivity contribution in [1.29, 1.82) is 0 Å². The van der Waals surface area contributed by atoms with Gasteiger partial charge in [0.2, 0.25) is 0 Å². The van der Waals surface area contributed by atoms with Gasteiger partial charge in [-0.2, -0.15) is 0 Å². The van der Waals surface area contributed by atoms with E-state index in [1.807, 2.05) is 0 Å². The number of hydrogen-bond donors (Lipinski definition) is 1. The first-order valence-corrected chi connectivity index (χ1v) is 6.71. The van der Waals surface area contributed by atoms with Gasteiger partial charge >= 0.3 is 11.9 Å². The third-order valence-corrected chi connectivity index (χ3v) is 3.17. The van der Waals surface area contributed by atoms with E-state index in [-0.39, 0.29) is 12.0 Å². The molecular formula is C15H17F2NO5. The highest BCUT2D eigenvalue weighted by Crippen LogP contribution is 2.12. The van der Waals surface area contributed by atoms with Gasteiger partial charge in [0.15, 0.2) is 11.6 Å². The maximum Gasteiger partial charge on any atom is 0.328 e. The Morgan fingerprint density at radius 2 is 1.70 bits per heavy atom. The van der Waals surface area contributed by atoms with E-state index in [1.54, 1.807) is 0 Å². The molecule has 0 aromatic heterocycles. The van der Waals surface area contributed by atoms with E-state index in [0.29, 0.717) is 6.07 Å². The van der Waals surface area contributed by atoms with Crippen molar-refractivity contribution in [3.8, 4) is 0 Å². The predicted octanol–water partition coefficient (Wildman–Crippen LogP) is 1.44. The van der Waals surface area contributed by atoms with Crippen LogP contribution in [-0.4, -0.2) is 38.1 Å². The van der Waals surface area contributed by atoms with Gasteiger partial charge in [0, 0.05) is 5.56 Å². The third-order valence-electron chi connectivity index (χ3n) is 3.17. The minimum absolute atomic E-state index is 0.0608. The Labute approximate surface area is 131 Å². The molecule has 0 spiro atoms. The molecule has 1 aromatic carbocycles. The monoisotopic (exact) mass is 329 g/mol. The molecule has 1 amide bonds. The number of rotatable bonds is 6. The minimum atomic E-state index is -1.19. The van der Waals surface area contributed by atoms with Crippen molar-refractivity contribution in [3.63, 3.8) is 0 Å². The summed E-state index contributed by atoms with van der Waals surface area (Å²) in [6.07, 6.45) is -0.0608. The van der Waals surface area contributed by atoms with Crippen LogP contribution in [0.15, 0.2) is 18.2 Å². The summed E-state index contributed by atoms with van der Waals surface area (Å²) in [6, 6.07) is 1.46. The van der Waals surface area contributed by atoms with E-state index < -0.39 is 41.4 Å². The molecule has 6 nitrogen and oxygen atoms in total. The number of methoxy groups -OCH3 is 2. The van der Waals surface area contributed by atoms with Gasteiger partial charge in [-0.1, -0.05) is 6.92 Å². The summed E-state index contributed by atoms with van der Waals surface area (Å²) in [5, 5.41) is 2.33. The zero-order chi connectivity index (χ0) is 17.6. The number of halogens is 2. The molecule has 0 radical (unpaired) electrons. The average molecular weight is 329 g/mol. The van der Waals surface area contributed by atoms with Crippen molar-refractivity contribution in [2.75, 3.05) is 14.2 Å². The summed E-state index contributed by atoms with van der Waals surface area (Å²) >= 11 is 0. The standard InChI is InChI=1S/C15H17F2NO5/c1-8(14(20)22-2)6-12(15(21)23-3)18-13(19)9-4-5-10(16)11(17)7-9/h4-5,7-8,12H,6H2,1-3H3,(H,18,19)/t8-,12+/m0/s1. The molecule has 0 unspecified atom stereocenters. The molecule has 0 bridgehead atoms. The fourth-order valence-electron chi connectivity index (χ4n) is 1.89. The smallest absolute Gasteiger partial charge is 0.328 e. The van der Waals surface area contributed by atoms with E-state index >= 15 is 0 Å². The van der Waals surface area contributed by atoms with Crippen LogP contribution < -0.4 is 5.32 Å². The molecular weight excluding hydrogens is 312 g/mol. The molecule has 1 aromatic rings. The van der Waals surface area contributed by atoms with E-state index in [4.69, 9.17) is 0 Å². The molecule has 2 atom stereocenters. The van der Waals surface area contributed by atoms with Gasteiger partial charge in [0.05, 0.1) is 20.1 Å². The summed E-state index contributed by atoms with van der Waals surface area (Å²) in [4.78, 5) is 35.2. The Morgan fingerprint density at radius 1 is 1.09 bits per heavy atom. The fourth-order valence-corrected chi connectivity index (χ4v) is 1.89. The molecule has 1 rings (SSSR count). The van der Waals surface area contributed by atoms with Crippen LogP contribution in [0.2, 0.25) is 0 Å². The zero-order valence-electron chi connectivity index (χ0n) is 12.9. The lowest BCUT2D eigenvalue weighted by molar-refractivity contribution is -0.147. The summed E-state index contributed by atoms with van der Waals surface area (Å²) < 4.78 is 35.1. The maximum absolute atomic E-state index is 13.2. The molecule has 0 saturated carbocycles. The van der Waals surface area contributed by atoms with Gasteiger partial charge in [-0.25, -0.2) is 13.6 Å². The lowest BCUT2D eigenvalue weighted by atomic mass is 10.0. The molecule has 0 aliphatic rings. The first kappa shape index (κ1) is 18.5. The van der Waals surface area contributed by atoms with Crippen LogP contribution in [0.5, 0.6) is 0 Å². The first-order chi connectivity index (χ1) is 10.8. The lowest BCUT2D eigenvalue weighted by Gasteiger charge is -2.19. The second kappa shape index (κ2) is 8.21. The van der Waals surface area contributed by atoms with Crippen molar-refractivity contribution in [3.05, 3.63) is 35.4 Å².